The highest BCUT2D eigenvalue weighted by Gasteiger charge is 2.31. The van der Waals surface area contributed by atoms with Gasteiger partial charge in [-0.2, -0.15) is 0 Å². The fraction of sp³-hybridized carbons (Fsp3) is 0.118. The van der Waals surface area contributed by atoms with Crippen molar-refractivity contribution in [2.45, 2.75) is 0 Å². The van der Waals surface area contributed by atoms with E-state index in [-0.39, 0.29) is 5.75 Å². The van der Waals surface area contributed by atoms with Crippen LogP contribution in [0.25, 0.3) is 5.70 Å². The zero-order chi connectivity index (χ0) is 18.3. The predicted molar refractivity (Wildman–Crippen MR) is 106 cm³/mol. The van der Waals surface area contributed by atoms with Gasteiger partial charge in [-0.15, -0.1) is 4.40 Å². The van der Waals surface area contributed by atoms with Gasteiger partial charge in [-0.05, 0) is 42.0 Å². The number of amidine groups is 1. The van der Waals surface area contributed by atoms with Crippen LogP contribution in [0.1, 0.15) is 5.56 Å². The molecular weight excluding hydrogens is 415 g/mol. The summed E-state index contributed by atoms with van der Waals surface area (Å²) in [5.41, 5.74) is 1.90. The summed E-state index contributed by atoms with van der Waals surface area (Å²) in [4.78, 5) is 1.92. The lowest BCUT2D eigenvalue weighted by Gasteiger charge is -2.25. The lowest BCUT2D eigenvalue weighted by atomic mass is 10.1. The summed E-state index contributed by atoms with van der Waals surface area (Å²) in [6, 6.07) is 12.6. The fourth-order valence-electron chi connectivity index (χ4n) is 2.59. The zero-order valence-electron chi connectivity index (χ0n) is 13.2. The Kier molecular flexibility index (Phi) is 4.64. The maximum atomic E-state index is 11.6. The van der Waals surface area contributed by atoms with E-state index in [0.717, 1.165) is 11.3 Å². The zero-order valence-corrected chi connectivity index (χ0v) is 16.4. The number of hydrogen-bond acceptors (Lipinski definition) is 5. The molecule has 0 fully saturated rings. The number of ether oxygens (including phenoxy) is 1. The second-order valence-corrected chi connectivity index (χ2v) is 9.04. The highest BCUT2D eigenvalue weighted by molar-refractivity contribution is 8.17. The minimum Gasteiger partial charge on any atom is -0.457 e. The molecule has 2 aromatic rings. The molecule has 2 aliphatic heterocycles. The van der Waals surface area contributed by atoms with E-state index in [1.165, 1.54) is 11.8 Å². The third-order valence-electron chi connectivity index (χ3n) is 3.86. The van der Waals surface area contributed by atoms with Gasteiger partial charge >= 0.3 is 0 Å². The van der Waals surface area contributed by atoms with E-state index in [1.807, 2.05) is 34.6 Å². The Balaban J connectivity index is 1.53. The summed E-state index contributed by atoms with van der Waals surface area (Å²) in [6.45, 7) is 0.404. The maximum Gasteiger partial charge on any atom is 0.257 e. The van der Waals surface area contributed by atoms with Gasteiger partial charge in [-0.3, -0.25) is 0 Å². The Bertz CT molecular complexity index is 1030. The van der Waals surface area contributed by atoms with E-state index in [0.29, 0.717) is 33.3 Å². The molecule has 0 radical (unpaired) electrons. The molecule has 0 unspecified atom stereocenters. The van der Waals surface area contributed by atoms with Crippen molar-refractivity contribution in [1.29, 1.82) is 0 Å². The normalized spacial score (nSPS) is 18.2. The lowest BCUT2D eigenvalue weighted by molar-refractivity contribution is 0.482. The molecule has 0 aliphatic carbocycles. The van der Waals surface area contributed by atoms with Crippen LogP contribution in [-0.2, 0) is 10.0 Å². The molecule has 2 aliphatic rings. The fourth-order valence-corrected chi connectivity index (χ4v) is 5.03. The molecule has 2 aromatic carbocycles. The summed E-state index contributed by atoms with van der Waals surface area (Å²) in [6.07, 6.45) is 0. The van der Waals surface area contributed by atoms with Crippen LogP contribution in [0, 0.1) is 0 Å². The van der Waals surface area contributed by atoms with Crippen molar-refractivity contribution in [2.24, 2.45) is 4.40 Å². The lowest BCUT2D eigenvalue weighted by Crippen LogP contribution is -2.34. The van der Waals surface area contributed by atoms with Gasteiger partial charge in [0.25, 0.3) is 10.0 Å². The van der Waals surface area contributed by atoms with Gasteiger partial charge in [-0.1, -0.05) is 35.0 Å². The largest absolute Gasteiger partial charge is 0.457 e. The SMILES string of the molecule is O=S1(=O)CCN2C(c3ccc(Oc4ccc(Cl)c(Cl)c4)cc3)=CSC2=N1. The number of nitrogens with zero attached hydrogens (tertiary/aromatic N) is 2. The Morgan fingerprint density at radius 3 is 2.50 bits per heavy atom. The number of halogens is 2. The molecular formula is C17H12Cl2N2O3S2. The van der Waals surface area contributed by atoms with Gasteiger partial charge in [0.15, 0.2) is 5.17 Å². The molecule has 0 aromatic heterocycles. The third kappa shape index (κ3) is 3.57. The van der Waals surface area contributed by atoms with E-state index in [4.69, 9.17) is 27.9 Å². The molecule has 0 amide bonds. The number of rotatable bonds is 3. The van der Waals surface area contributed by atoms with Gasteiger partial charge in [-0.25, -0.2) is 8.42 Å². The van der Waals surface area contributed by atoms with Crippen molar-refractivity contribution < 1.29 is 13.2 Å². The molecule has 0 saturated carbocycles. The molecule has 26 heavy (non-hydrogen) atoms. The smallest absolute Gasteiger partial charge is 0.257 e. The number of sulfonamides is 1. The molecule has 9 heteroatoms. The summed E-state index contributed by atoms with van der Waals surface area (Å²) in [5, 5.41) is 3.32. The quantitative estimate of drug-likeness (QED) is 0.702. The summed E-state index contributed by atoms with van der Waals surface area (Å²) in [5.74, 6) is 1.28. The number of fused-ring (bicyclic) bond motifs is 1. The molecule has 0 saturated heterocycles. The second-order valence-electron chi connectivity index (χ2n) is 5.63. The van der Waals surface area contributed by atoms with Crippen molar-refractivity contribution in [3.63, 3.8) is 0 Å². The Labute approximate surface area is 165 Å². The van der Waals surface area contributed by atoms with Crippen LogP contribution in [0.4, 0.5) is 0 Å². The average molecular weight is 427 g/mol. The van der Waals surface area contributed by atoms with E-state index in [9.17, 15) is 8.42 Å². The molecule has 4 rings (SSSR count). The van der Waals surface area contributed by atoms with Crippen LogP contribution < -0.4 is 4.74 Å². The highest BCUT2D eigenvalue weighted by atomic mass is 35.5. The molecule has 0 atom stereocenters. The minimum absolute atomic E-state index is 0.0208. The van der Waals surface area contributed by atoms with Gasteiger partial charge in [0.05, 0.1) is 21.5 Å². The molecule has 0 N–H and O–H groups in total. The summed E-state index contributed by atoms with van der Waals surface area (Å²) < 4.78 is 32.8. The third-order valence-corrected chi connectivity index (χ3v) is 6.73. The van der Waals surface area contributed by atoms with Crippen molar-refractivity contribution >= 4 is 55.9 Å². The van der Waals surface area contributed by atoms with Gasteiger partial charge < -0.3 is 9.64 Å². The van der Waals surface area contributed by atoms with Crippen molar-refractivity contribution in [2.75, 3.05) is 12.3 Å². The first-order valence-corrected chi connectivity index (χ1v) is 10.9. The Hall–Kier alpha value is -1.67. The first-order chi connectivity index (χ1) is 12.4. The second kappa shape index (κ2) is 6.81. The standard InChI is InChI=1S/C17H12Cl2N2O3S2/c18-14-6-5-13(9-15(14)19)24-12-3-1-11(2-4-12)16-10-25-17-20-26(22,23)8-7-21(16)17/h1-6,9-10H,7-8H2. The average Bonchev–Trinajstić information content (AvgIpc) is 3.00. The first kappa shape index (κ1) is 17.7. The predicted octanol–water partition coefficient (Wildman–Crippen LogP) is 4.83. The van der Waals surface area contributed by atoms with Crippen LogP contribution in [0.3, 0.4) is 0 Å². The highest BCUT2D eigenvalue weighted by Crippen LogP contribution is 2.36. The van der Waals surface area contributed by atoms with Crippen molar-refractivity contribution in [1.82, 2.24) is 4.90 Å². The van der Waals surface area contributed by atoms with Gasteiger partial charge in [0, 0.05) is 18.0 Å². The number of benzene rings is 2. The summed E-state index contributed by atoms with van der Waals surface area (Å²) in [7, 11) is -3.34. The van der Waals surface area contributed by atoms with Crippen LogP contribution in [0.15, 0.2) is 52.3 Å². The van der Waals surface area contributed by atoms with Crippen molar-refractivity contribution in [3.05, 3.63) is 63.5 Å². The van der Waals surface area contributed by atoms with Crippen LogP contribution >= 0.6 is 35.0 Å². The maximum absolute atomic E-state index is 11.6. The molecule has 134 valence electrons. The van der Waals surface area contributed by atoms with E-state index < -0.39 is 10.0 Å². The topological polar surface area (TPSA) is 59.0 Å². The Morgan fingerprint density at radius 2 is 1.77 bits per heavy atom. The number of hydrogen-bond donors (Lipinski definition) is 0. The minimum atomic E-state index is -3.34. The van der Waals surface area contributed by atoms with Crippen LogP contribution in [0.5, 0.6) is 11.5 Å². The first-order valence-electron chi connectivity index (χ1n) is 7.62. The summed E-state index contributed by atoms with van der Waals surface area (Å²) >= 11 is 13.2. The van der Waals surface area contributed by atoms with Gasteiger partial charge in [0.2, 0.25) is 0 Å². The Morgan fingerprint density at radius 1 is 1.04 bits per heavy atom. The van der Waals surface area contributed by atoms with Crippen LogP contribution in [-0.4, -0.2) is 30.8 Å². The van der Waals surface area contributed by atoms with E-state index in [2.05, 4.69) is 4.40 Å². The molecule has 2 heterocycles. The van der Waals surface area contributed by atoms with Gasteiger partial charge in [0.1, 0.15) is 11.5 Å². The van der Waals surface area contributed by atoms with Crippen LogP contribution in [0.2, 0.25) is 10.0 Å². The van der Waals surface area contributed by atoms with E-state index in [1.54, 1.807) is 18.2 Å². The molecule has 0 bridgehead atoms. The molecule has 5 nitrogen and oxygen atoms in total. The van der Waals surface area contributed by atoms with Crippen molar-refractivity contribution in [3.8, 4) is 11.5 Å². The van der Waals surface area contributed by atoms with E-state index >= 15 is 0 Å². The number of thioether (sulfide) groups is 1. The monoisotopic (exact) mass is 426 g/mol. The molecule has 0 spiro atoms.